The van der Waals surface area contributed by atoms with Gasteiger partial charge in [0.2, 0.25) is 0 Å². The van der Waals surface area contributed by atoms with Crippen molar-refractivity contribution in [3.05, 3.63) is 87.7 Å². The maximum atomic E-state index is 12.9. The molecule has 2 N–H and O–H groups in total. The van der Waals surface area contributed by atoms with Gasteiger partial charge in [-0.15, -0.1) is 0 Å². The highest BCUT2D eigenvalue weighted by Gasteiger charge is 2.22. The number of esters is 1. The third-order valence-corrected chi connectivity index (χ3v) is 4.96. The Hall–Kier alpha value is -3.87. The first kappa shape index (κ1) is 22.8. The molecule has 7 nitrogen and oxygen atoms in total. The Morgan fingerprint density at radius 3 is 2.53 bits per heavy atom. The second-order valence-electron chi connectivity index (χ2n) is 7.30. The molecule has 166 valence electrons. The number of pyridine rings is 1. The van der Waals surface area contributed by atoms with Gasteiger partial charge in [0.05, 0.1) is 26.2 Å². The fourth-order valence-electron chi connectivity index (χ4n) is 3.37. The summed E-state index contributed by atoms with van der Waals surface area (Å²) in [5.41, 5.74) is 2.64. The van der Waals surface area contributed by atoms with Crippen LogP contribution in [0.1, 0.15) is 40.9 Å². The van der Waals surface area contributed by atoms with Crippen LogP contribution in [-0.4, -0.2) is 30.6 Å². The number of carbonyl (C=O) groups is 2. The maximum Gasteiger partial charge on any atom is 0.308 e. The number of rotatable bonds is 8. The normalized spacial score (nSPS) is 11.5. The number of benzene rings is 2. The number of amides is 1. The van der Waals surface area contributed by atoms with E-state index in [0.29, 0.717) is 17.0 Å². The van der Waals surface area contributed by atoms with E-state index < -0.39 is 23.5 Å². The topological polar surface area (TPSA) is 97.5 Å². The summed E-state index contributed by atoms with van der Waals surface area (Å²) in [5.74, 6) is -0.450. The summed E-state index contributed by atoms with van der Waals surface area (Å²) in [5, 5.41) is 2.78. The van der Waals surface area contributed by atoms with Crippen molar-refractivity contribution in [2.24, 2.45) is 0 Å². The van der Waals surface area contributed by atoms with Crippen LogP contribution in [0.15, 0.2) is 65.5 Å². The van der Waals surface area contributed by atoms with E-state index in [1.54, 1.807) is 37.3 Å². The summed E-state index contributed by atoms with van der Waals surface area (Å²) in [4.78, 5) is 40.5. The zero-order chi connectivity index (χ0) is 23.1. The van der Waals surface area contributed by atoms with Crippen molar-refractivity contribution < 1.29 is 19.1 Å². The third-order valence-electron chi connectivity index (χ3n) is 4.96. The Morgan fingerprint density at radius 2 is 1.84 bits per heavy atom. The summed E-state index contributed by atoms with van der Waals surface area (Å²) in [6.45, 7) is 3.91. The van der Waals surface area contributed by atoms with Gasteiger partial charge < -0.3 is 19.8 Å². The zero-order valence-electron chi connectivity index (χ0n) is 18.3. The first-order valence-electron chi connectivity index (χ1n) is 10.3. The van der Waals surface area contributed by atoms with Gasteiger partial charge >= 0.3 is 5.97 Å². The largest absolute Gasteiger partial charge is 0.497 e. The molecule has 3 rings (SSSR count). The Bertz CT molecular complexity index is 1170. The number of aromatic nitrogens is 1. The van der Waals surface area contributed by atoms with Crippen LogP contribution in [-0.2, 0) is 9.53 Å². The van der Waals surface area contributed by atoms with Crippen LogP contribution in [0.2, 0.25) is 0 Å². The van der Waals surface area contributed by atoms with Crippen LogP contribution in [0.4, 0.5) is 0 Å². The van der Waals surface area contributed by atoms with Gasteiger partial charge in [-0.3, -0.25) is 14.4 Å². The monoisotopic (exact) mass is 434 g/mol. The first-order valence-corrected chi connectivity index (χ1v) is 10.3. The van der Waals surface area contributed by atoms with Crippen LogP contribution < -0.4 is 15.6 Å². The number of carbonyl (C=O) groups excluding carboxylic acids is 2. The number of methoxy groups -OCH3 is 1. The third kappa shape index (κ3) is 5.63. The molecule has 0 radical (unpaired) electrons. The van der Waals surface area contributed by atoms with Crippen LogP contribution in [0.25, 0.3) is 11.3 Å². The minimum Gasteiger partial charge on any atom is -0.497 e. The molecule has 0 bridgehead atoms. The lowest BCUT2D eigenvalue weighted by atomic mass is 10.0. The SMILES string of the molecule is CCOC(=O)CC(NC(=O)c1ccc(-c2cccc(C)c2)[nH]c1=O)c1cccc(OC)c1. The number of ether oxygens (including phenoxy) is 2. The van der Waals surface area contributed by atoms with Gasteiger partial charge in [0, 0.05) is 5.69 Å². The standard InChI is InChI=1S/C25H26N2O5/c1-4-32-23(28)15-22(18-9-6-10-19(14-18)31-3)27-25(30)20-11-12-21(26-24(20)29)17-8-5-7-16(2)13-17/h5-14,22H,4,15H2,1-3H3,(H,26,29)(H,27,30). The predicted molar refractivity (Wildman–Crippen MR) is 122 cm³/mol. The average molecular weight is 434 g/mol. The molecule has 0 spiro atoms. The van der Waals surface area contributed by atoms with E-state index in [1.165, 1.54) is 13.2 Å². The molecule has 0 saturated heterocycles. The van der Waals surface area contributed by atoms with E-state index in [4.69, 9.17) is 9.47 Å². The molecule has 0 saturated carbocycles. The van der Waals surface area contributed by atoms with Gasteiger partial charge in [0.15, 0.2) is 0 Å². The highest BCUT2D eigenvalue weighted by Crippen LogP contribution is 2.23. The van der Waals surface area contributed by atoms with Crippen LogP contribution in [0.3, 0.4) is 0 Å². The van der Waals surface area contributed by atoms with E-state index in [-0.39, 0.29) is 18.6 Å². The summed E-state index contributed by atoms with van der Waals surface area (Å²) in [6.07, 6.45) is -0.0774. The molecular weight excluding hydrogens is 408 g/mol. The molecule has 3 aromatic rings. The second-order valence-corrected chi connectivity index (χ2v) is 7.30. The summed E-state index contributed by atoms with van der Waals surface area (Å²) >= 11 is 0. The summed E-state index contributed by atoms with van der Waals surface area (Å²) < 4.78 is 10.3. The molecule has 0 aliphatic rings. The van der Waals surface area contributed by atoms with Crippen LogP contribution in [0.5, 0.6) is 5.75 Å². The van der Waals surface area contributed by atoms with E-state index in [1.807, 2.05) is 31.2 Å². The van der Waals surface area contributed by atoms with Crippen LogP contribution in [0, 0.1) is 6.92 Å². The number of hydrogen-bond acceptors (Lipinski definition) is 5. The van der Waals surface area contributed by atoms with Crippen LogP contribution >= 0.6 is 0 Å². The van der Waals surface area contributed by atoms with Gasteiger partial charge in [-0.05, 0) is 55.3 Å². The van der Waals surface area contributed by atoms with Crippen molar-refractivity contribution in [3.63, 3.8) is 0 Å². The number of aromatic amines is 1. The molecule has 1 atom stereocenters. The van der Waals surface area contributed by atoms with Crippen molar-refractivity contribution in [1.29, 1.82) is 0 Å². The fourth-order valence-corrected chi connectivity index (χ4v) is 3.37. The Labute approximate surface area is 186 Å². The lowest BCUT2D eigenvalue weighted by molar-refractivity contribution is -0.143. The van der Waals surface area contributed by atoms with E-state index in [9.17, 15) is 14.4 Å². The van der Waals surface area contributed by atoms with Crippen molar-refractivity contribution in [2.45, 2.75) is 26.3 Å². The molecule has 1 amide bonds. The quantitative estimate of drug-likeness (QED) is 0.526. The Balaban J connectivity index is 1.86. The predicted octanol–water partition coefficient (Wildman–Crippen LogP) is 3.78. The number of aryl methyl sites for hydroxylation is 1. The van der Waals surface area contributed by atoms with Gasteiger partial charge in [0.1, 0.15) is 11.3 Å². The first-order chi connectivity index (χ1) is 15.4. The Kier molecular flexibility index (Phi) is 7.44. The molecule has 32 heavy (non-hydrogen) atoms. The molecule has 1 heterocycles. The van der Waals surface area contributed by atoms with Crippen molar-refractivity contribution >= 4 is 11.9 Å². The van der Waals surface area contributed by atoms with E-state index in [0.717, 1.165) is 11.1 Å². The lowest BCUT2D eigenvalue weighted by Crippen LogP contribution is -2.34. The summed E-state index contributed by atoms with van der Waals surface area (Å²) in [6, 6.07) is 17.2. The molecule has 2 aromatic carbocycles. The van der Waals surface area contributed by atoms with Crippen molar-refractivity contribution in [2.75, 3.05) is 13.7 Å². The number of H-pyrrole nitrogens is 1. The van der Waals surface area contributed by atoms with Gasteiger partial charge in [-0.1, -0.05) is 35.9 Å². The van der Waals surface area contributed by atoms with Crippen molar-refractivity contribution in [3.8, 4) is 17.0 Å². The van der Waals surface area contributed by atoms with E-state index >= 15 is 0 Å². The zero-order valence-corrected chi connectivity index (χ0v) is 18.3. The molecule has 1 unspecified atom stereocenters. The summed E-state index contributed by atoms with van der Waals surface area (Å²) in [7, 11) is 1.54. The van der Waals surface area contributed by atoms with Crippen molar-refractivity contribution in [1.82, 2.24) is 10.3 Å². The molecule has 0 fully saturated rings. The van der Waals surface area contributed by atoms with Gasteiger partial charge in [-0.25, -0.2) is 0 Å². The highest BCUT2D eigenvalue weighted by atomic mass is 16.5. The smallest absolute Gasteiger partial charge is 0.308 e. The van der Waals surface area contributed by atoms with Gasteiger partial charge in [-0.2, -0.15) is 0 Å². The fraction of sp³-hybridized carbons (Fsp3) is 0.240. The Morgan fingerprint density at radius 1 is 1.06 bits per heavy atom. The second kappa shape index (κ2) is 10.4. The van der Waals surface area contributed by atoms with Gasteiger partial charge in [0.25, 0.3) is 11.5 Å². The average Bonchev–Trinajstić information content (AvgIpc) is 2.78. The lowest BCUT2D eigenvalue weighted by Gasteiger charge is -2.19. The maximum absolute atomic E-state index is 12.9. The number of nitrogens with one attached hydrogen (secondary N) is 2. The minimum atomic E-state index is -0.688. The van der Waals surface area contributed by atoms with E-state index in [2.05, 4.69) is 10.3 Å². The molecule has 0 aliphatic heterocycles. The number of hydrogen-bond donors (Lipinski definition) is 2. The minimum absolute atomic E-state index is 0.0434. The highest BCUT2D eigenvalue weighted by molar-refractivity contribution is 5.94. The molecule has 7 heteroatoms. The molecule has 1 aromatic heterocycles. The molecular formula is C25H26N2O5. The molecule has 0 aliphatic carbocycles.